The van der Waals surface area contributed by atoms with Gasteiger partial charge in [0.05, 0.1) is 5.54 Å². The third-order valence-corrected chi connectivity index (χ3v) is 3.55. The number of carbonyl (C=O) groups is 1. The van der Waals surface area contributed by atoms with Crippen LogP contribution in [0.4, 0.5) is 0 Å². The van der Waals surface area contributed by atoms with Gasteiger partial charge in [-0.2, -0.15) is 0 Å². The van der Waals surface area contributed by atoms with Gasteiger partial charge in [0.2, 0.25) is 5.91 Å². The lowest BCUT2D eigenvalue weighted by Crippen LogP contribution is -2.56. The molecule has 1 aromatic rings. The van der Waals surface area contributed by atoms with Crippen molar-refractivity contribution in [3.63, 3.8) is 0 Å². The highest BCUT2D eigenvalue weighted by molar-refractivity contribution is 5.86. The third-order valence-electron chi connectivity index (χ3n) is 3.55. The van der Waals surface area contributed by atoms with E-state index in [1.54, 1.807) is 0 Å². The fraction of sp³-hybridized carbons (Fsp3) is 0.571. The van der Waals surface area contributed by atoms with Crippen LogP contribution in [-0.2, 0) is 11.3 Å². The summed E-state index contributed by atoms with van der Waals surface area (Å²) in [5.74, 6) is 0.0859. The number of nitrogens with one attached hydrogen (secondary N) is 2. The van der Waals surface area contributed by atoms with Gasteiger partial charge in [-0.3, -0.25) is 9.78 Å². The Bertz CT molecular complexity index is 417. The van der Waals surface area contributed by atoms with Crippen LogP contribution in [0.5, 0.6) is 0 Å². The minimum Gasteiger partial charge on any atom is -0.350 e. The highest BCUT2D eigenvalue weighted by Gasteiger charge is 2.33. The SMILES string of the molecule is Cc1ccc(CNC(=O)C2(C)CCCCN2)cn1.Cl.Cl. The molecule has 0 aromatic carbocycles. The monoisotopic (exact) mass is 319 g/mol. The summed E-state index contributed by atoms with van der Waals surface area (Å²) in [6.45, 7) is 5.41. The van der Waals surface area contributed by atoms with Crippen molar-refractivity contribution >= 4 is 30.7 Å². The zero-order valence-electron chi connectivity index (χ0n) is 11.9. The number of carbonyl (C=O) groups excluding carboxylic acids is 1. The molecule has 114 valence electrons. The quantitative estimate of drug-likeness (QED) is 0.899. The average molecular weight is 320 g/mol. The molecule has 1 atom stereocenters. The van der Waals surface area contributed by atoms with Gasteiger partial charge in [-0.15, -0.1) is 24.8 Å². The lowest BCUT2D eigenvalue weighted by Gasteiger charge is -2.33. The van der Waals surface area contributed by atoms with Gasteiger partial charge < -0.3 is 10.6 Å². The first-order valence-electron chi connectivity index (χ1n) is 6.55. The highest BCUT2D eigenvalue weighted by Crippen LogP contribution is 2.18. The van der Waals surface area contributed by atoms with Crippen molar-refractivity contribution in [2.24, 2.45) is 0 Å². The van der Waals surface area contributed by atoms with Crippen LogP contribution < -0.4 is 10.6 Å². The Morgan fingerprint density at radius 1 is 1.40 bits per heavy atom. The van der Waals surface area contributed by atoms with Gasteiger partial charge in [-0.1, -0.05) is 6.07 Å². The summed E-state index contributed by atoms with van der Waals surface area (Å²) in [5.41, 5.74) is 1.62. The maximum absolute atomic E-state index is 12.2. The molecular weight excluding hydrogens is 297 g/mol. The van der Waals surface area contributed by atoms with E-state index < -0.39 is 5.54 Å². The third kappa shape index (κ3) is 4.93. The molecule has 0 saturated carbocycles. The number of hydrogen-bond acceptors (Lipinski definition) is 3. The predicted octanol–water partition coefficient (Wildman–Crippen LogP) is 2.38. The Kier molecular flexibility index (Phi) is 8.09. The molecule has 1 aromatic heterocycles. The van der Waals surface area contributed by atoms with E-state index in [1.807, 2.05) is 32.2 Å². The second-order valence-electron chi connectivity index (χ2n) is 5.21. The van der Waals surface area contributed by atoms with Crippen LogP contribution in [0.3, 0.4) is 0 Å². The molecule has 1 aliphatic rings. The summed E-state index contributed by atoms with van der Waals surface area (Å²) >= 11 is 0. The molecule has 0 radical (unpaired) electrons. The largest absolute Gasteiger partial charge is 0.350 e. The number of piperidine rings is 1. The van der Waals surface area contributed by atoms with Gasteiger partial charge in [0.1, 0.15) is 0 Å². The van der Waals surface area contributed by atoms with Crippen LogP contribution in [0.2, 0.25) is 0 Å². The van der Waals surface area contributed by atoms with Crippen molar-refractivity contribution in [3.8, 4) is 0 Å². The van der Waals surface area contributed by atoms with E-state index in [2.05, 4.69) is 15.6 Å². The molecule has 1 unspecified atom stereocenters. The molecule has 6 heteroatoms. The summed E-state index contributed by atoms with van der Waals surface area (Å²) in [4.78, 5) is 16.4. The van der Waals surface area contributed by atoms with E-state index in [0.29, 0.717) is 6.54 Å². The second-order valence-corrected chi connectivity index (χ2v) is 5.21. The molecule has 1 amide bonds. The van der Waals surface area contributed by atoms with Crippen LogP contribution in [0.25, 0.3) is 0 Å². The molecule has 2 N–H and O–H groups in total. The van der Waals surface area contributed by atoms with E-state index in [1.165, 1.54) is 0 Å². The Morgan fingerprint density at radius 3 is 2.70 bits per heavy atom. The van der Waals surface area contributed by atoms with Crippen LogP contribution in [0, 0.1) is 6.92 Å². The lowest BCUT2D eigenvalue weighted by atomic mass is 9.90. The molecule has 0 spiro atoms. The molecule has 4 nitrogen and oxygen atoms in total. The maximum Gasteiger partial charge on any atom is 0.240 e. The first kappa shape index (κ1) is 19.2. The number of halogens is 2. The Balaban J connectivity index is 0.00000180. The van der Waals surface area contributed by atoms with Gasteiger partial charge >= 0.3 is 0 Å². The van der Waals surface area contributed by atoms with Crippen LogP contribution in [0.1, 0.15) is 37.4 Å². The van der Waals surface area contributed by atoms with Crippen molar-refractivity contribution in [3.05, 3.63) is 29.6 Å². The molecule has 1 fully saturated rings. The van der Waals surface area contributed by atoms with Crippen molar-refractivity contribution in [2.75, 3.05) is 6.54 Å². The lowest BCUT2D eigenvalue weighted by molar-refractivity contribution is -0.128. The average Bonchev–Trinajstić information content (AvgIpc) is 2.38. The van der Waals surface area contributed by atoms with Crippen LogP contribution in [-0.4, -0.2) is 23.0 Å². The van der Waals surface area contributed by atoms with Crippen LogP contribution in [0.15, 0.2) is 18.3 Å². The topological polar surface area (TPSA) is 54.0 Å². The van der Waals surface area contributed by atoms with E-state index in [-0.39, 0.29) is 30.7 Å². The molecular formula is C14H23Cl2N3O. The first-order chi connectivity index (χ1) is 8.60. The highest BCUT2D eigenvalue weighted by atomic mass is 35.5. The Hall–Kier alpha value is -0.840. The molecule has 0 aliphatic carbocycles. The molecule has 1 saturated heterocycles. The fourth-order valence-corrected chi connectivity index (χ4v) is 2.23. The second kappa shape index (κ2) is 8.45. The number of hydrogen-bond donors (Lipinski definition) is 2. The van der Waals surface area contributed by atoms with Crippen molar-refractivity contribution in [1.82, 2.24) is 15.6 Å². The summed E-state index contributed by atoms with van der Waals surface area (Å²) in [5, 5.41) is 6.30. The zero-order chi connectivity index (χ0) is 13.0. The molecule has 20 heavy (non-hydrogen) atoms. The van der Waals surface area contributed by atoms with Gasteiger partial charge in [-0.25, -0.2) is 0 Å². The van der Waals surface area contributed by atoms with E-state index in [0.717, 1.165) is 37.1 Å². The Morgan fingerprint density at radius 2 is 2.15 bits per heavy atom. The maximum atomic E-state index is 12.2. The van der Waals surface area contributed by atoms with Gasteiger partial charge in [0, 0.05) is 18.4 Å². The first-order valence-corrected chi connectivity index (χ1v) is 6.55. The normalized spacial score (nSPS) is 21.3. The number of amides is 1. The fourth-order valence-electron chi connectivity index (χ4n) is 2.23. The number of rotatable bonds is 3. The van der Waals surface area contributed by atoms with Crippen LogP contribution >= 0.6 is 24.8 Å². The standard InChI is InChI=1S/C14H21N3O.2ClH/c1-11-5-6-12(9-15-11)10-16-13(18)14(2)7-3-4-8-17-14;;/h5-6,9,17H,3-4,7-8,10H2,1-2H3,(H,16,18);2*1H. The predicted molar refractivity (Wildman–Crippen MR) is 85.6 cm³/mol. The van der Waals surface area contributed by atoms with E-state index in [4.69, 9.17) is 0 Å². The summed E-state index contributed by atoms with van der Waals surface area (Å²) in [6, 6.07) is 3.96. The van der Waals surface area contributed by atoms with Gasteiger partial charge in [-0.05, 0) is 51.3 Å². The number of aromatic nitrogens is 1. The van der Waals surface area contributed by atoms with Crippen molar-refractivity contribution in [1.29, 1.82) is 0 Å². The number of aryl methyl sites for hydroxylation is 1. The van der Waals surface area contributed by atoms with Gasteiger partial charge in [0.15, 0.2) is 0 Å². The number of nitrogens with zero attached hydrogens (tertiary/aromatic N) is 1. The molecule has 2 rings (SSSR count). The van der Waals surface area contributed by atoms with E-state index >= 15 is 0 Å². The Labute approximate surface area is 132 Å². The molecule has 0 bridgehead atoms. The van der Waals surface area contributed by atoms with Gasteiger partial charge in [0.25, 0.3) is 0 Å². The summed E-state index contributed by atoms with van der Waals surface area (Å²) in [6.07, 6.45) is 4.99. The van der Waals surface area contributed by atoms with E-state index in [9.17, 15) is 4.79 Å². The number of pyridine rings is 1. The minimum absolute atomic E-state index is 0. The molecule has 2 heterocycles. The summed E-state index contributed by atoms with van der Waals surface area (Å²) < 4.78 is 0. The smallest absolute Gasteiger partial charge is 0.240 e. The summed E-state index contributed by atoms with van der Waals surface area (Å²) in [7, 11) is 0. The molecule has 1 aliphatic heterocycles. The van der Waals surface area contributed by atoms with Crippen molar-refractivity contribution < 1.29 is 4.79 Å². The minimum atomic E-state index is -0.406. The van der Waals surface area contributed by atoms with Crippen molar-refractivity contribution in [2.45, 2.75) is 45.2 Å². The zero-order valence-corrected chi connectivity index (χ0v) is 13.6.